The number of hydrogen-bond acceptors (Lipinski definition) is 3. The number of nitrogens with one attached hydrogen (secondary N) is 1. The van der Waals surface area contributed by atoms with Crippen LogP contribution in [0.2, 0.25) is 0 Å². The topological polar surface area (TPSA) is 64.0 Å². The van der Waals surface area contributed by atoms with Gasteiger partial charge in [-0.05, 0) is 30.2 Å². The standard InChI is InChI=1S/C21H22BrN3O2/c1-2-6-18(15-7-4-3-5-8-15)24-20(26)11-12-25-14-23-19-10-9-16(22)13-17(19)21(25)27/h3-5,7-10,13-14,18H,2,6,11-12H2,1H3,(H,24,26). The van der Waals surface area contributed by atoms with Gasteiger partial charge in [-0.2, -0.15) is 0 Å². The van der Waals surface area contributed by atoms with E-state index >= 15 is 0 Å². The molecule has 0 aliphatic carbocycles. The fourth-order valence-electron chi connectivity index (χ4n) is 3.08. The Morgan fingerprint density at radius 3 is 2.74 bits per heavy atom. The lowest BCUT2D eigenvalue weighted by Gasteiger charge is -2.19. The van der Waals surface area contributed by atoms with Crippen molar-refractivity contribution in [3.05, 3.63) is 75.2 Å². The minimum Gasteiger partial charge on any atom is -0.349 e. The van der Waals surface area contributed by atoms with Crippen LogP contribution in [0.3, 0.4) is 0 Å². The largest absolute Gasteiger partial charge is 0.349 e. The van der Waals surface area contributed by atoms with Gasteiger partial charge in [0.2, 0.25) is 5.91 Å². The van der Waals surface area contributed by atoms with Gasteiger partial charge in [0.05, 0.1) is 23.3 Å². The molecule has 0 saturated heterocycles. The van der Waals surface area contributed by atoms with E-state index in [9.17, 15) is 9.59 Å². The van der Waals surface area contributed by atoms with Crippen molar-refractivity contribution in [1.82, 2.24) is 14.9 Å². The molecule has 0 saturated carbocycles. The van der Waals surface area contributed by atoms with Gasteiger partial charge in [-0.25, -0.2) is 4.98 Å². The van der Waals surface area contributed by atoms with Crippen LogP contribution in [0, 0.1) is 0 Å². The lowest BCUT2D eigenvalue weighted by molar-refractivity contribution is -0.122. The summed E-state index contributed by atoms with van der Waals surface area (Å²) in [5.41, 5.74) is 1.61. The van der Waals surface area contributed by atoms with Crippen LogP contribution in [-0.2, 0) is 11.3 Å². The van der Waals surface area contributed by atoms with Crippen molar-refractivity contribution in [2.45, 2.75) is 38.8 Å². The SMILES string of the molecule is CCCC(NC(=O)CCn1cnc2ccc(Br)cc2c1=O)c1ccccc1. The number of hydrogen-bond donors (Lipinski definition) is 1. The summed E-state index contributed by atoms with van der Waals surface area (Å²) in [5.74, 6) is -0.0708. The van der Waals surface area contributed by atoms with Crippen LogP contribution >= 0.6 is 15.9 Å². The summed E-state index contributed by atoms with van der Waals surface area (Å²) in [6.45, 7) is 2.40. The van der Waals surface area contributed by atoms with Crippen LogP contribution in [0.5, 0.6) is 0 Å². The predicted molar refractivity (Wildman–Crippen MR) is 111 cm³/mol. The number of carbonyl (C=O) groups excluding carboxylic acids is 1. The number of fused-ring (bicyclic) bond motifs is 1. The van der Waals surface area contributed by atoms with Crippen molar-refractivity contribution in [1.29, 1.82) is 0 Å². The number of amides is 1. The molecular formula is C21H22BrN3O2. The summed E-state index contributed by atoms with van der Waals surface area (Å²) in [5, 5.41) is 3.63. The molecule has 140 valence electrons. The molecule has 5 nitrogen and oxygen atoms in total. The second-order valence-electron chi connectivity index (χ2n) is 6.47. The van der Waals surface area contributed by atoms with E-state index < -0.39 is 0 Å². The molecule has 0 aliphatic heterocycles. The van der Waals surface area contributed by atoms with Crippen molar-refractivity contribution < 1.29 is 4.79 Å². The van der Waals surface area contributed by atoms with Crippen molar-refractivity contribution in [3.8, 4) is 0 Å². The van der Waals surface area contributed by atoms with E-state index in [1.807, 2.05) is 36.4 Å². The van der Waals surface area contributed by atoms with Gasteiger partial charge in [-0.15, -0.1) is 0 Å². The van der Waals surface area contributed by atoms with E-state index in [2.05, 4.69) is 33.2 Å². The van der Waals surface area contributed by atoms with Crippen LogP contribution in [-0.4, -0.2) is 15.5 Å². The van der Waals surface area contributed by atoms with Crippen molar-refractivity contribution in [2.24, 2.45) is 0 Å². The summed E-state index contributed by atoms with van der Waals surface area (Å²) in [6, 6.07) is 15.4. The van der Waals surface area contributed by atoms with E-state index in [0.717, 1.165) is 22.9 Å². The van der Waals surface area contributed by atoms with Gasteiger partial charge in [-0.1, -0.05) is 59.6 Å². The molecule has 0 aliphatic rings. The van der Waals surface area contributed by atoms with E-state index in [0.29, 0.717) is 17.4 Å². The molecule has 27 heavy (non-hydrogen) atoms. The van der Waals surface area contributed by atoms with Crippen molar-refractivity contribution in [3.63, 3.8) is 0 Å². The maximum atomic E-state index is 12.6. The average molecular weight is 428 g/mol. The highest BCUT2D eigenvalue weighted by molar-refractivity contribution is 9.10. The van der Waals surface area contributed by atoms with Crippen LogP contribution in [0.25, 0.3) is 10.9 Å². The first kappa shape index (κ1) is 19.3. The second kappa shape index (κ2) is 8.95. The monoisotopic (exact) mass is 427 g/mol. The van der Waals surface area contributed by atoms with E-state index in [4.69, 9.17) is 0 Å². The van der Waals surface area contributed by atoms with Gasteiger partial charge in [0, 0.05) is 17.4 Å². The Hall–Kier alpha value is -2.47. The fourth-order valence-corrected chi connectivity index (χ4v) is 3.44. The Labute approximate surface area is 166 Å². The number of nitrogens with zero attached hydrogens (tertiary/aromatic N) is 2. The molecule has 1 aromatic heterocycles. The highest BCUT2D eigenvalue weighted by atomic mass is 79.9. The third-order valence-electron chi connectivity index (χ3n) is 4.48. The minimum atomic E-state index is -0.137. The zero-order valence-electron chi connectivity index (χ0n) is 15.2. The molecule has 0 bridgehead atoms. The summed E-state index contributed by atoms with van der Waals surface area (Å²) < 4.78 is 2.32. The predicted octanol–water partition coefficient (Wildman–Crippen LogP) is 4.21. The molecule has 1 amide bonds. The highest BCUT2D eigenvalue weighted by Gasteiger charge is 2.14. The highest BCUT2D eigenvalue weighted by Crippen LogP contribution is 2.18. The Kier molecular flexibility index (Phi) is 6.40. The van der Waals surface area contributed by atoms with Crippen LogP contribution < -0.4 is 10.9 Å². The maximum absolute atomic E-state index is 12.6. The number of rotatable bonds is 7. The van der Waals surface area contributed by atoms with Crippen LogP contribution in [0.15, 0.2) is 64.1 Å². The fraction of sp³-hybridized carbons (Fsp3) is 0.286. The third kappa shape index (κ3) is 4.83. The molecule has 1 N–H and O–H groups in total. The van der Waals surface area contributed by atoms with E-state index in [-0.39, 0.29) is 23.9 Å². The van der Waals surface area contributed by atoms with Crippen LogP contribution in [0.4, 0.5) is 0 Å². The number of aromatic nitrogens is 2. The zero-order chi connectivity index (χ0) is 19.2. The minimum absolute atomic E-state index is 0.00824. The summed E-state index contributed by atoms with van der Waals surface area (Å²) in [4.78, 5) is 29.4. The lowest BCUT2D eigenvalue weighted by atomic mass is 10.0. The Balaban J connectivity index is 1.69. The molecule has 1 unspecified atom stereocenters. The smallest absolute Gasteiger partial charge is 0.261 e. The summed E-state index contributed by atoms with van der Waals surface area (Å²) >= 11 is 3.38. The molecule has 2 aromatic carbocycles. The molecule has 1 atom stereocenters. The first-order valence-electron chi connectivity index (χ1n) is 9.07. The van der Waals surface area contributed by atoms with Crippen molar-refractivity contribution in [2.75, 3.05) is 0 Å². The summed E-state index contributed by atoms with van der Waals surface area (Å²) in [6.07, 6.45) is 3.59. The van der Waals surface area contributed by atoms with Crippen molar-refractivity contribution >= 4 is 32.7 Å². The number of benzene rings is 2. The molecule has 1 heterocycles. The molecule has 6 heteroatoms. The van der Waals surface area contributed by atoms with Gasteiger partial charge in [-0.3, -0.25) is 14.2 Å². The van der Waals surface area contributed by atoms with E-state index in [1.54, 1.807) is 12.1 Å². The van der Waals surface area contributed by atoms with E-state index in [1.165, 1.54) is 10.9 Å². The quantitative estimate of drug-likeness (QED) is 0.614. The van der Waals surface area contributed by atoms with Gasteiger partial charge < -0.3 is 5.32 Å². The van der Waals surface area contributed by atoms with Gasteiger partial charge in [0.1, 0.15) is 0 Å². The first-order valence-corrected chi connectivity index (χ1v) is 9.87. The molecular weight excluding hydrogens is 406 g/mol. The third-order valence-corrected chi connectivity index (χ3v) is 4.97. The van der Waals surface area contributed by atoms with Crippen LogP contribution in [0.1, 0.15) is 37.8 Å². The number of halogens is 1. The van der Waals surface area contributed by atoms with Gasteiger partial charge in [0.25, 0.3) is 5.56 Å². The molecule has 0 spiro atoms. The first-order chi connectivity index (χ1) is 13.1. The second-order valence-corrected chi connectivity index (χ2v) is 7.39. The number of aryl methyl sites for hydroxylation is 1. The average Bonchev–Trinajstić information content (AvgIpc) is 2.68. The van der Waals surface area contributed by atoms with Gasteiger partial charge in [0.15, 0.2) is 0 Å². The molecule has 0 fully saturated rings. The van der Waals surface area contributed by atoms with Gasteiger partial charge >= 0.3 is 0 Å². The summed E-state index contributed by atoms with van der Waals surface area (Å²) in [7, 11) is 0. The normalized spacial score (nSPS) is 12.1. The number of carbonyl (C=O) groups is 1. The lowest BCUT2D eigenvalue weighted by Crippen LogP contribution is -2.30. The molecule has 0 radical (unpaired) electrons. The molecule has 3 rings (SSSR count). The molecule has 3 aromatic rings. The Bertz CT molecular complexity index is 986. The Morgan fingerprint density at radius 2 is 2.00 bits per heavy atom. The zero-order valence-corrected chi connectivity index (χ0v) is 16.8. The maximum Gasteiger partial charge on any atom is 0.261 e. The Morgan fingerprint density at radius 1 is 1.22 bits per heavy atom.